The van der Waals surface area contributed by atoms with Crippen LogP contribution in [0.5, 0.6) is 0 Å². The Morgan fingerprint density at radius 1 is 1.10 bits per heavy atom. The maximum atomic E-state index is 10.7. The first-order valence-corrected chi connectivity index (χ1v) is 9.50. The van der Waals surface area contributed by atoms with Crippen LogP contribution in [-0.4, -0.2) is 16.1 Å². The fourth-order valence-corrected chi connectivity index (χ4v) is 3.09. The number of hydrogen-bond donors (Lipinski definition) is 0. The molecule has 1 heterocycles. The molecule has 0 N–H and O–H groups in total. The van der Waals surface area contributed by atoms with Gasteiger partial charge < -0.3 is 4.42 Å². The van der Waals surface area contributed by atoms with Gasteiger partial charge in [-0.05, 0) is 66.6 Å². The van der Waals surface area contributed by atoms with E-state index in [0.717, 1.165) is 16.6 Å². The van der Waals surface area contributed by atoms with E-state index < -0.39 is 4.92 Å². The molecule has 0 bridgehead atoms. The van der Waals surface area contributed by atoms with Crippen LogP contribution in [0.25, 0.3) is 28.6 Å². The quantitative estimate of drug-likeness (QED) is 0.203. The van der Waals surface area contributed by atoms with Gasteiger partial charge in [0.05, 0.1) is 21.2 Å². The van der Waals surface area contributed by atoms with Crippen LogP contribution in [-0.2, 0) is 0 Å². The fourth-order valence-electron chi connectivity index (χ4n) is 2.89. The third-order valence-electron chi connectivity index (χ3n) is 4.43. The summed E-state index contributed by atoms with van der Waals surface area (Å²) in [5.74, 6) is 0.444. The Morgan fingerprint density at radius 2 is 1.90 bits per heavy atom. The highest BCUT2D eigenvalue weighted by Crippen LogP contribution is 2.33. The minimum atomic E-state index is -0.425. The second kappa shape index (κ2) is 8.31. The molecule has 7 heteroatoms. The summed E-state index contributed by atoms with van der Waals surface area (Å²) in [6.07, 6.45) is 5.22. The van der Waals surface area contributed by atoms with Gasteiger partial charge in [-0.2, -0.15) is 0 Å². The molecule has 30 heavy (non-hydrogen) atoms. The van der Waals surface area contributed by atoms with Crippen molar-refractivity contribution < 1.29 is 9.34 Å². The molecule has 1 aromatic heterocycles. The second-order valence-corrected chi connectivity index (χ2v) is 7.05. The van der Waals surface area contributed by atoms with E-state index >= 15 is 0 Å². The van der Waals surface area contributed by atoms with Gasteiger partial charge in [0.2, 0.25) is 5.89 Å². The lowest BCUT2D eigenvalue weighted by Crippen LogP contribution is -1.86. The summed E-state index contributed by atoms with van der Waals surface area (Å²) in [6, 6.07) is 17.5. The molecule has 6 nitrogen and oxygen atoms in total. The average molecular weight is 418 g/mol. The first-order valence-electron chi connectivity index (χ1n) is 9.12. The first kappa shape index (κ1) is 19.5. The van der Waals surface area contributed by atoms with Crippen molar-refractivity contribution >= 4 is 46.4 Å². The van der Waals surface area contributed by atoms with Gasteiger partial charge in [-0.25, -0.2) is 4.98 Å². The van der Waals surface area contributed by atoms with E-state index in [1.165, 1.54) is 12.1 Å². The van der Waals surface area contributed by atoms with Crippen molar-refractivity contribution in [2.24, 2.45) is 4.99 Å². The number of aromatic nitrogens is 1. The molecule has 0 amide bonds. The number of allylic oxidation sites excluding steroid dienone is 1. The molecule has 0 radical (unpaired) electrons. The molecule has 0 saturated heterocycles. The van der Waals surface area contributed by atoms with Crippen LogP contribution in [0.4, 0.5) is 11.4 Å². The Bertz CT molecular complexity index is 1290. The molecule has 0 atom stereocenters. The summed E-state index contributed by atoms with van der Waals surface area (Å²) in [7, 11) is 0. The average Bonchev–Trinajstić information content (AvgIpc) is 3.15. The Hall–Kier alpha value is -3.77. The van der Waals surface area contributed by atoms with Crippen molar-refractivity contribution in [3.63, 3.8) is 0 Å². The van der Waals surface area contributed by atoms with Gasteiger partial charge in [0.15, 0.2) is 5.58 Å². The Kier molecular flexibility index (Phi) is 5.41. The van der Waals surface area contributed by atoms with Crippen LogP contribution < -0.4 is 0 Å². The highest BCUT2D eigenvalue weighted by atomic mass is 35.5. The van der Waals surface area contributed by atoms with Crippen molar-refractivity contribution in [2.75, 3.05) is 0 Å². The Balaban J connectivity index is 1.54. The molecule has 4 rings (SSSR count). The van der Waals surface area contributed by atoms with E-state index in [-0.39, 0.29) is 5.69 Å². The van der Waals surface area contributed by atoms with Gasteiger partial charge in [0, 0.05) is 18.3 Å². The standard InChI is InChI=1S/C23H16ClN3O3/c1-15-4-11-21-22(13-15)30-23(26-21)19-14-17(7-10-20(19)24)25-12-2-3-16-5-8-18(9-6-16)27(28)29/h2-14H,1H3. The molecule has 0 spiro atoms. The number of oxazole rings is 1. The molecular weight excluding hydrogens is 402 g/mol. The van der Waals surface area contributed by atoms with Gasteiger partial charge in [-0.1, -0.05) is 23.7 Å². The largest absolute Gasteiger partial charge is 0.436 e. The monoisotopic (exact) mass is 417 g/mol. The number of aliphatic imine (C=N–C) groups is 1. The number of rotatable bonds is 5. The summed E-state index contributed by atoms with van der Waals surface area (Å²) in [5, 5.41) is 11.2. The zero-order valence-electron chi connectivity index (χ0n) is 15.9. The van der Waals surface area contributed by atoms with Gasteiger partial charge >= 0.3 is 0 Å². The molecule has 0 fully saturated rings. The van der Waals surface area contributed by atoms with Crippen molar-refractivity contribution in [3.05, 3.63) is 93.0 Å². The number of nitrogens with zero attached hydrogens (tertiary/aromatic N) is 3. The lowest BCUT2D eigenvalue weighted by Gasteiger charge is -2.01. The van der Waals surface area contributed by atoms with Gasteiger partial charge in [-0.3, -0.25) is 15.1 Å². The van der Waals surface area contributed by atoms with Gasteiger partial charge in [-0.15, -0.1) is 0 Å². The molecule has 0 saturated carbocycles. The van der Waals surface area contributed by atoms with Crippen molar-refractivity contribution in [2.45, 2.75) is 6.92 Å². The number of nitro groups is 1. The fraction of sp³-hybridized carbons (Fsp3) is 0.0435. The van der Waals surface area contributed by atoms with E-state index in [1.807, 2.05) is 37.3 Å². The molecule has 0 unspecified atom stereocenters. The third kappa shape index (κ3) is 4.29. The molecule has 0 aliphatic rings. The molecule has 4 aromatic rings. The smallest absolute Gasteiger partial charge is 0.269 e. The number of benzene rings is 3. The number of halogens is 1. The van der Waals surface area contributed by atoms with Crippen LogP contribution in [0.2, 0.25) is 5.02 Å². The summed E-state index contributed by atoms with van der Waals surface area (Å²) < 4.78 is 5.87. The highest BCUT2D eigenvalue weighted by Gasteiger charge is 2.12. The number of fused-ring (bicyclic) bond motifs is 1. The zero-order valence-corrected chi connectivity index (χ0v) is 16.7. The van der Waals surface area contributed by atoms with Crippen LogP contribution >= 0.6 is 11.6 Å². The summed E-state index contributed by atoms with van der Waals surface area (Å²) in [6.45, 7) is 1.99. The first-order chi connectivity index (χ1) is 14.5. The van der Waals surface area contributed by atoms with Gasteiger partial charge in [0.1, 0.15) is 5.52 Å². The number of aryl methyl sites for hydroxylation is 1. The van der Waals surface area contributed by atoms with Crippen LogP contribution in [0.15, 0.2) is 76.1 Å². The summed E-state index contributed by atoms with van der Waals surface area (Å²) >= 11 is 6.35. The summed E-state index contributed by atoms with van der Waals surface area (Å²) in [5.41, 5.74) is 4.83. The maximum absolute atomic E-state index is 10.7. The van der Waals surface area contributed by atoms with E-state index in [2.05, 4.69) is 9.98 Å². The van der Waals surface area contributed by atoms with Crippen molar-refractivity contribution in [3.8, 4) is 11.5 Å². The van der Waals surface area contributed by atoms with E-state index in [0.29, 0.717) is 27.7 Å². The number of hydrogen-bond acceptors (Lipinski definition) is 5. The molecule has 3 aromatic carbocycles. The predicted octanol–water partition coefficient (Wildman–Crippen LogP) is 6.78. The van der Waals surface area contributed by atoms with Gasteiger partial charge in [0.25, 0.3) is 5.69 Å². The SMILES string of the molecule is Cc1ccc2nc(-c3cc(N=CC=Cc4ccc([N+](=O)[O-])cc4)ccc3Cl)oc2c1. The minimum absolute atomic E-state index is 0.0591. The van der Waals surface area contributed by atoms with Crippen molar-refractivity contribution in [1.82, 2.24) is 4.98 Å². The van der Waals surface area contributed by atoms with E-state index in [9.17, 15) is 10.1 Å². The number of nitro benzene ring substituents is 1. The minimum Gasteiger partial charge on any atom is -0.436 e. The second-order valence-electron chi connectivity index (χ2n) is 6.64. The normalized spacial score (nSPS) is 11.7. The van der Waals surface area contributed by atoms with E-state index in [4.69, 9.17) is 16.0 Å². The van der Waals surface area contributed by atoms with Crippen molar-refractivity contribution in [1.29, 1.82) is 0 Å². The molecule has 0 aliphatic heterocycles. The highest BCUT2D eigenvalue weighted by molar-refractivity contribution is 6.33. The van der Waals surface area contributed by atoms with Crippen LogP contribution in [0, 0.1) is 17.0 Å². The summed E-state index contributed by atoms with van der Waals surface area (Å²) in [4.78, 5) is 19.2. The zero-order chi connectivity index (χ0) is 21.1. The molecule has 148 valence electrons. The topological polar surface area (TPSA) is 81.5 Å². The third-order valence-corrected chi connectivity index (χ3v) is 4.76. The molecule has 0 aliphatic carbocycles. The van der Waals surface area contributed by atoms with E-state index in [1.54, 1.807) is 36.6 Å². The maximum Gasteiger partial charge on any atom is 0.269 e. The lowest BCUT2D eigenvalue weighted by atomic mass is 10.2. The van der Waals surface area contributed by atoms with Crippen LogP contribution in [0.1, 0.15) is 11.1 Å². The van der Waals surface area contributed by atoms with Crippen LogP contribution in [0.3, 0.4) is 0 Å². The Morgan fingerprint density at radius 3 is 2.67 bits per heavy atom. The number of non-ortho nitro benzene ring substituents is 1. The molecular formula is C23H16ClN3O3. The Labute approximate surface area is 177 Å². The predicted molar refractivity (Wildman–Crippen MR) is 119 cm³/mol. The lowest BCUT2D eigenvalue weighted by molar-refractivity contribution is -0.384.